The summed E-state index contributed by atoms with van der Waals surface area (Å²) in [6.45, 7) is 8.65. The molecule has 1 rings (SSSR count). The first kappa shape index (κ1) is 15.0. The first-order chi connectivity index (χ1) is 9.19. The van der Waals surface area contributed by atoms with E-state index in [1.54, 1.807) is 11.0 Å². The van der Waals surface area contributed by atoms with Crippen LogP contribution >= 0.6 is 0 Å². The van der Waals surface area contributed by atoms with Crippen LogP contribution in [0.4, 0.5) is 0 Å². The summed E-state index contributed by atoms with van der Waals surface area (Å²) in [5.41, 5.74) is 0.969. The lowest BCUT2D eigenvalue weighted by molar-refractivity contribution is -0.133. The summed E-state index contributed by atoms with van der Waals surface area (Å²) in [6.07, 6.45) is 2.59. The second-order valence-corrected chi connectivity index (χ2v) is 4.48. The summed E-state index contributed by atoms with van der Waals surface area (Å²) in [4.78, 5) is 13.9. The van der Waals surface area contributed by atoms with Crippen LogP contribution in [0.1, 0.15) is 25.8 Å². The van der Waals surface area contributed by atoms with Crippen LogP contribution in [0.15, 0.2) is 43.0 Å². The van der Waals surface area contributed by atoms with Gasteiger partial charge in [0.05, 0.1) is 6.54 Å². The number of carbonyl (C=O) groups excluding carboxylic acids is 1. The maximum absolute atomic E-state index is 12.1. The zero-order valence-corrected chi connectivity index (χ0v) is 11.7. The number of hydrogen-bond donors (Lipinski definition) is 0. The van der Waals surface area contributed by atoms with Gasteiger partial charge in [-0.05, 0) is 18.6 Å². The van der Waals surface area contributed by atoms with Crippen LogP contribution in [0.3, 0.4) is 0 Å². The van der Waals surface area contributed by atoms with Crippen molar-refractivity contribution in [2.75, 3.05) is 13.1 Å². The summed E-state index contributed by atoms with van der Waals surface area (Å²) in [5.74, 6) is 6.30. The van der Waals surface area contributed by atoms with Crippen LogP contribution in [-0.4, -0.2) is 23.9 Å². The number of nitrogens with zero attached hydrogens (tertiary/aromatic N) is 1. The second-order valence-electron chi connectivity index (χ2n) is 4.48. The molecule has 2 heteroatoms. The molecular weight excluding hydrogens is 234 g/mol. The van der Waals surface area contributed by atoms with Crippen LogP contribution in [0, 0.1) is 17.8 Å². The molecule has 0 bridgehead atoms. The Labute approximate surface area is 116 Å². The van der Waals surface area contributed by atoms with Crippen molar-refractivity contribution in [3.63, 3.8) is 0 Å². The molecule has 0 N–H and O–H groups in total. The summed E-state index contributed by atoms with van der Waals surface area (Å²) >= 11 is 0. The third-order valence-corrected chi connectivity index (χ3v) is 2.97. The fourth-order valence-electron chi connectivity index (χ4n) is 1.63. The summed E-state index contributed by atoms with van der Waals surface area (Å²) in [7, 11) is 0. The van der Waals surface area contributed by atoms with Crippen molar-refractivity contribution < 1.29 is 4.79 Å². The Morgan fingerprint density at radius 3 is 2.68 bits per heavy atom. The van der Waals surface area contributed by atoms with Crippen molar-refractivity contribution in [3.8, 4) is 11.8 Å². The van der Waals surface area contributed by atoms with Gasteiger partial charge in [0.15, 0.2) is 0 Å². The number of rotatable bonds is 5. The smallest absolute Gasteiger partial charge is 0.226 e. The average molecular weight is 255 g/mol. The van der Waals surface area contributed by atoms with Gasteiger partial charge in [0.1, 0.15) is 0 Å². The molecule has 0 aromatic heterocycles. The molecule has 2 nitrogen and oxygen atoms in total. The van der Waals surface area contributed by atoms with Crippen molar-refractivity contribution in [2.24, 2.45) is 5.92 Å². The number of hydrogen-bond acceptors (Lipinski definition) is 1. The van der Waals surface area contributed by atoms with E-state index in [9.17, 15) is 4.79 Å². The van der Waals surface area contributed by atoms with E-state index < -0.39 is 0 Å². The summed E-state index contributed by atoms with van der Waals surface area (Å²) in [6, 6.07) is 9.79. The highest BCUT2D eigenvalue weighted by atomic mass is 16.2. The molecule has 1 unspecified atom stereocenters. The lowest BCUT2D eigenvalue weighted by Gasteiger charge is -2.21. The van der Waals surface area contributed by atoms with E-state index >= 15 is 0 Å². The third kappa shape index (κ3) is 5.01. The Kier molecular flexibility index (Phi) is 6.46. The standard InChI is InChI=1S/C17H21NO/c1-4-13-18(17(19)15(3)5-2)14-9-12-16-10-7-6-8-11-16/h4,6-8,10-11,15H,1,5,13-14H2,2-3H3. The third-order valence-electron chi connectivity index (χ3n) is 2.97. The molecule has 0 fully saturated rings. The fraction of sp³-hybridized carbons (Fsp3) is 0.353. The van der Waals surface area contributed by atoms with Gasteiger partial charge >= 0.3 is 0 Å². The molecule has 0 saturated heterocycles. The molecule has 1 atom stereocenters. The summed E-state index contributed by atoms with van der Waals surface area (Å²) < 4.78 is 0. The van der Waals surface area contributed by atoms with Crippen molar-refractivity contribution in [1.29, 1.82) is 0 Å². The number of amides is 1. The van der Waals surface area contributed by atoms with E-state index in [0.717, 1.165) is 12.0 Å². The molecule has 0 radical (unpaired) electrons. The van der Waals surface area contributed by atoms with Gasteiger partial charge in [0.2, 0.25) is 5.91 Å². The fourth-order valence-corrected chi connectivity index (χ4v) is 1.63. The monoisotopic (exact) mass is 255 g/mol. The average Bonchev–Trinajstić information content (AvgIpc) is 2.46. The van der Waals surface area contributed by atoms with E-state index in [1.807, 2.05) is 44.2 Å². The molecular formula is C17H21NO. The van der Waals surface area contributed by atoms with Crippen LogP contribution in [0.2, 0.25) is 0 Å². The zero-order chi connectivity index (χ0) is 14.1. The first-order valence-corrected chi connectivity index (χ1v) is 6.62. The molecule has 1 amide bonds. The van der Waals surface area contributed by atoms with E-state index in [1.165, 1.54) is 0 Å². The Bertz CT molecular complexity index is 467. The Morgan fingerprint density at radius 2 is 2.11 bits per heavy atom. The largest absolute Gasteiger partial charge is 0.328 e. The Morgan fingerprint density at radius 1 is 1.42 bits per heavy atom. The highest BCUT2D eigenvalue weighted by Gasteiger charge is 2.16. The van der Waals surface area contributed by atoms with Crippen molar-refractivity contribution in [2.45, 2.75) is 20.3 Å². The number of carbonyl (C=O) groups is 1. The van der Waals surface area contributed by atoms with Gasteiger partial charge in [0, 0.05) is 18.0 Å². The van der Waals surface area contributed by atoms with E-state index in [4.69, 9.17) is 0 Å². The van der Waals surface area contributed by atoms with Crippen LogP contribution in [-0.2, 0) is 4.79 Å². The highest BCUT2D eigenvalue weighted by molar-refractivity contribution is 5.78. The van der Waals surface area contributed by atoms with Gasteiger partial charge in [-0.25, -0.2) is 0 Å². The molecule has 0 heterocycles. The van der Waals surface area contributed by atoms with Gasteiger partial charge in [-0.1, -0.05) is 50.0 Å². The van der Waals surface area contributed by atoms with Gasteiger partial charge in [-0.2, -0.15) is 0 Å². The lowest BCUT2D eigenvalue weighted by Crippen LogP contribution is -2.35. The minimum Gasteiger partial charge on any atom is -0.328 e. The molecule has 0 aliphatic rings. The highest BCUT2D eigenvalue weighted by Crippen LogP contribution is 2.06. The van der Waals surface area contributed by atoms with Crippen LogP contribution in [0.5, 0.6) is 0 Å². The molecule has 100 valence electrons. The maximum Gasteiger partial charge on any atom is 0.226 e. The van der Waals surface area contributed by atoms with Gasteiger partial charge in [-0.3, -0.25) is 4.79 Å². The SMILES string of the molecule is C=CCN(CC#Cc1ccccc1)C(=O)C(C)CC. The Hall–Kier alpha value is -2.01. The van der Waals surface area contributed by atoms with Gasteiger partial charge in [-0.15, -0.1) is 6.58 Å². The van der Waals surface area contributed by atoms with Gasteiger partial charge < -0.3 is 4.90 Å². The van der Waals surface area contributed by atoms with E-state index in [2.05, 4.69) is 18.4 Å². The topological polar surface area (TPSA) is 20.3 Å². The maximum atomic E-state index is 12.1. The van der Waals surface area contributed by atoms with Crippen molar-refractivity contribution in [3.05, 3.63) is 48.6 Å². The number of benzene rings is 1. The first-order valence-electron chi connectivity index (χ1n) is 6.62. The molecule has 0 aliphatic carbocycles. The van der Waals surface area contributed by atoms with E-state index in [-0.39, 0.29) is 11.8 Å². The molecule has 1 aromatic rings. The molecule has 1 aromatic carbocycles. The van der Waals surface area contributed by atoms with Crippen LogP contribution < -0.4 is 0 Å². The molecule has 0 aliphatic heterocycles. The van der Waals surface area contributed by atoms with Crippen molar-refractivity contribution in [1.82, 2.24) is 4.90 Å². The quantitative estimate of drug-likeness (QED) is 0.585. The summed E-state index contributed by atoms with van der Waals surface area (Å²) in [5, 5.41) is 0. The molecule has 0 saturated carbocycles. The predicted octanol–water partition coefficient (Wildman–Crippen LogP) is 3.10. The van der Waals surface area contributed by atoms with E-state index in [0.29, 0.717) is 13.1 Å². The zero-order valence-electron chi connectivity index (χ0n) is 11.7. The lowest BCUT2D eigenvalue weighted by atomic mass is 10.1. The normalized spacial score (nSPS) is 11.1. The van der Waals surface area contributed by atoms with Gasteiger partial charge in [0.25, 0.3) is 0 Å². The van der Waals surface area contributed by atoms with Crippen LogP contribution in [0.25, 0.3) is 0 Å². The molecule has 0 spiro atoms. The van der Waals surface area contributed by atoms with Crippen molar-refractivity contribution >= 4 is 5.91 Å². The molecule has 19 heavy (non-hydrogen) atoms. The second kappa shape index (κ2) is 8.16. The predicted molar refractivity (Wildman–Crippen MR) is 79.6 cm³/mol. The minimum atomic E-state index is 0.0403. The Balaban J connectivity index is 2.67. The minimum absolute atomic E-state index is 0.0403.